The Hall–Kier alpha value is -6.48. The number of aromatic amines is 1. The van der Waals surface area contributed by atoms with Gasteiger partial charge in [-0.1, -0.05) is 181 Å². The van der Waals surface area contributed by atoms with E-state index in [1.54, 1.807) is 35.2 Å². The number of anilines is 1. The zero-order valence-electron chi connectivity index (χ0n) is 47.8. The van der Waals surface area contributed by atoms with Crippen LogP contribution in [0.3, 0.4) is 0 Å². The van der Waals surface area contributed by atoms with Crippen molar-refractivity contribution in [3.8, 4) is 0 Å². The van der Waals surface area contributed by atoms with Gasteiger partial charge in [0.15, 0.2) is 23.2 Å². The zero-order chi connectivity index (χ0) is 59.3. The fourth-order valence-electron chi connectivity index (χ4n) is 11.6. The summed E-state index contributed by atoms with van der Waals surface area (Å²) in [5.41, 5.74) is -0.191. The zero-order valence-corrected chi connectivity index (χ0v) is 51.6. The molecular weight excluding hydrogens is 1140 g/mol. The molecule has 84 heavy (non-hydrogen) atoms. The molecule has 0 aliphatic carbocycles. The van der Waals surface area contributed by atoms with E-state index in [1.807, 2.05) is 78.9 Å². The topological polar surface area (TPSA) is 222 Å². The molecule has 0 spiro atoms. The number of rotatable bonds is 22. The van der Waals surface area contributed by atoms with E-state index in [0.29, 0.717) is 16.7 Å². The van der Waals surface area contributed by atoms with Gasteiger partial charge in [0.1, 0.15) is 37.0 Å². The first-order chi connectivity index (χ1) is 40.3. The lowest BCUT2D eigenvalue weighted by Crippen LogP contribution is -2.68. The van der Waals surface area contributed by atoms with Crippen molar-refractivity contribution in [1.29, 1.82) is 0 Å². The summed E-state index contributed by atoms with van der Waals surface area (Å²) in [6, 6.07) is 50.6. The molecule has 2 fully saturated rings. The van der Waals surface area contributed by atoms with Crippen LogP contribution in [0.15, 0.2) is 186 Å². The first-order valence-corrected chi connectivity index (χ1v) is 34.2. The highest BCUT2D eigenvalue weighted by atomic mass is 32.5. The van der Waals surface area contributed by atoms with Gasteiger partial charge in [0.25, 0.3) is 28.1 Å². The Kier molecular flexibility index (Phi) is 18.5. The third-order valence-corrected chi connectivity index (χ3v) is 27.0. The average Bonchev–Trinajstić information content (AvgIpc) is 1.78. The molecule has 0 unspecified atom stereocenters. The lowest BCUT2D eigenvalue weighted by Gasteiger charge is -2.45. The molecule has 5 heterocycles. The summed E-state index contributed by atoms with van der Waals surface area (Å²) in [6.07, 6.45) is -2.51. The summed E-state index contributed by atoms with van der Waals surface area (Å²) in [5, 5.41) is 6.06. The van der Waals surface area contributed by atoms with Gasteiger partial charge in [-0.05, 0) is 54.8 Å². The number of nitrogens with one attached hydrogen (secondary N) is 2. The van der Waals surface area contributed by atoms with E-state index in [-0.39, 0.29) is 44.6 Å². The van der Waals surface area contributed by atoms with Crippen LogP contribution in [0.25, 0.3) is 11.2 Å². The molecular formula is C61H70N7O12PSSi2. The van der Waals surface area contributed by atoms with Gasteiger partial charge in [-0.2, -0.15) is 0 Å². The van der Waals surface area contributed by atoms with Gasteiger partial charge in [0.2, 0.25) is 0 Å². The molecule has 19 nitrogen and oxygen atoms in total. The van der Waals surface area contributed by atoms with Gasteiger partial charge in [-0.3, -0.25) is 28.2 Å². The molecule has 2 aliphatic rings. The number of hydrogen-bond donors (Lipinski definition) is 3. The number of amides is 1. The fraction of sp³-hybridized carbons (Fsp3) is 0.344. The quantitative estimate of drug-likeness (QED) is 0.0354. The maximum absolute atomic E-state index is 13.7. The molecule has 5 aromatic carbocycles. The monoisotopic (exact) mass is 1210 g/mol. The minimum absolute atomic E-state index is 0.0176. The predicted molar refractivity (Wildman–Crippen MR) is 328 cm³/mol. The number of imidazole rings is 1. The standard InChI is InChI=1S/C61H70N7O12PSSi2/c1-60(2,3)83(43-25-15-9-16-26-43,44-27-17-10-18-28-44)76-39-49-53(54(74-36-35-73-7)58(78-49)67-34-33-50(69)65-59(67)71)79-81(72,82)75-38-48-47(80-84(61(4,5)6,45-29-19-11-20-30-45)46-31-21-12-22-32-46)37-51(77-48)68-41-64-52-55(62-40-63-56(52)68)66-57(70)42-23-13-8-14-24-42/h8-34,40-41,47-49,51,53-54,58H,35-39H2,1-7H3,(H,72,82)(H,65,69,71)(H,62,63,66,70)/t47-,48+,49+,51+,53+,54+,58+,81-/m0/s1. The van der Waals surface area contributed by atoms with Crippen molar-refractivity contribution >= 4 is 78.8 Å². The number of nitrogens with zero attached hydrogens (tertiary/aromatic N) is 5. The van der Waals surface area contributed by atoms with Crippen molar-refractivity contribution in [2.24, 2.45) is 0 Å². The summed E-state index contributed by atoms with van der Waals surface area (Å²) < 4.78 is 57.2. The first-order valence-electron chi connectivity index (χ1n) is 27.8. The Morgan fingerprint density at radius 3 is 1.82 bits per heavy atom. The summed E-state index contributed by atoms with van der Waals surface area (Å²) in [5.74, 6) is -0.150. The Labute approximate surface area is 494 Å². The van der Waals surface area contributed by atoms with Crippen molar-refractivity contribution in [1.82, 2.24) is 29.1 Å². The lowest BCUT2D eigenvalue weighted by atomic mass is 10.1. The molecule has 8 aromatic rings. The molecule has 0 radical (unpaired) electrons. The number of ether oxygens (including phenoxy) is 4. The van der Waals surface area contributed by atoms with Crippen LogP contribution in [-0.4, -0.2) is 121 Å². The van der Waals surface area contributed by atoms with E-state index in [1.165, 1.54) is 30.3 Å². The number of H-pyrrole nitrogens is 1. The summed E-state index contributed by atoms with van der Waals surface area (Å²) in [6.45, 7) is 8.33. The average molecular weight is 1210 g/mol. The molecule has 0 bridgehead atoms. The SMILES string of the molecule is COCCO[C@@H]1[C@H](O[P@@](O)(=S)OC[C@H]2O[C@@H](n3cnc4c(NC(=O)c5ccccc5)ncnc43)C[C@@H]2O[Si](c2ccccc2)(c2ccccc2)C(C)(C)C)[C@@H](CO[Si](c2ccccc2)(c2ccccc2)C(C)(C)C)O[C@H]1n1ccc(=O)[nH]c1=O. The van der Waals surface area contributed by atoms with Crippen LogP contribution >= 0.6 is 6.72 Å². The normalized spacial score (nSPS) is 21.1. The van der Waals surface area contributed by atoms with Gasteiger partial charge in [-0.15, -0.1) is 0 Å². The van der Waals surface area contributed by atoms with Crippen molar-refractivity contribution in [2.45, 2.75) is 101 Å². The van der Waals surface area contributed by atoms with Crippen LogP contribution in [0.1, 0.15) is 70.8 Å². The maximum atomic E-state index is 13.7. The Bertz CT molecular complexity index is 3590. The van der Waals surface area contributed by atoms with E-state index in [2.05, 4.69) is 110 Å². The van der Waals surface area contributed by atoms with Gasteiger partial charge >= 0.3 is 12.4 Å². The first kappa shape index (κ1) is 60.6. The summed E-state index contributed by atoms with van der Waals surface area (Å²) in [4.78, 5) is 68.2. The Balaban J connectivity index is 1.01. The van der Waals surface area contributed by atoms with Crippen LogP contribution in [0.2, 0.25) is 10.1 Å². The van der Waals surface area contributed by atoms with Gasteiger partial charge in [0, 0.05) is 31.4 Å². The van der Waals surface area contributed by atoms with E-state index in [4.69, 9.17) is 53.6 Å². The van der Waals surface area contributed by atoms with Crippen LogP contribution < -0.4 is 37.3 Å². The molecule has 10 rings (SSSR count). The fourth-order valence-corrected chi connectivity index (χ4v) is 22.3. The molecule has 8 atom stereocenters. The molecule has 3 N–H and O–H groups in total. The van der Waals surface area contributed by atoms with Crippen LogP contribution in [-0.2, 0) is 48.7 Å². The highest BCUT2D eigenvalue weighted by Crippen LogP contribution is 2.51. The van der Waals surface area contributed by atoms with Gasteiger partial charge < -0.3 is 42.5 Å². The maximum Gasteiger partial charge on any atom is 0.330 e. The molecule has 3 aromatic heterocycles. The molecule has 440 valence electrons. The number of carbonyl (C=O) groups is 1. The molecule has 0 saturated carbocycles. The largest absolute Gasteiger partial charge is 0.405 e. The third-order valence-electron chi connectivity index (χ3n) is 15.4. The molecule has 23 heteroatoms. The highest BCUT2D eigenvalue weighted by molar-refractivity contribution is 8.07. The number of benzene rings is 5. The van der Waals surface area contributed by atoms with Gasteiger partial charge in [0.05, 0.1) is 38.9 Å². The lowest BCUT2D eigenvalue weighted by molar-refractivity contribution is -0.0813. The number of fused-ring (bicyclic) bond motifs is 1. The minimum Gasteiger partial charge on any atom is -0.405 e. The second kappa shape index (κ2) is 25.6. The van der Waals surface area contributed by atoms with Crippen LogP contribution in [0.4, 0.5) is 5.82 Å². The van der Waals surface area contributed by atoms with Crippen LogP contribution in [0.5, 0.6) is 0 Å². The van der Waals surface area contributed by atoms with E-state index >= 15 is 0 Å². The van der Waals surface area contributed by atoms with E-state index in [9.17, 15) is 19.3 Å². The highest BCUT2D eigenvalue weighted by Gasteiger charge is 2.56. The van der Waals surface area contributed by atoms with Crippen molar-refractivity contribution in [2.75, 3.05) is 38.9 Å². The summed E-state index contributed by atoms with van der Waals surface area (Å²) in [7, 11) is -5.03. The smallest absolute Gasteiger partial charge is 0.330 e. The number of hydrogen-bond acceptors (Lipinski definition) is 15. The second-order valence-corrected chi connectivity index (χ2v) is 34.1. The number of aromatic nitrogens is 6. The predicted octanol–water partition coefficient (Wildman–Crippen LogP) is 6.99. The number of carbonyl (C=O) groups excluding carboxylic acids is 1. The van der Waals surface area contributed by atoms with Crippen molar-refractivity contribution in [3.05, 3.63) is 203 Å². The van der Waals surface area contributed by atoms with E-state index in [0.717, 1.165) is 20.7 Å². The van der Waals surface area contributed by atoms with Crippen molar-refractivity contribution in [3.63, 3.8) is 0 Å². The second-order valence-electron chi connectivity index (χ2n) is 22.8. The molecule has 2 aliphatic heterocycles. The minimum atomic E-state index is -4.40. The molecule has 1 amide bonds. The third kappa shape index (κ3) is 12.6. The van der Waals surface area contributed by atoms with Gasteiger partial charge in [-0.25, -0.2) is 19.7 Å². The summed E-state index contributed by atoms with van der Waals surface area (Å²) >= 11 is 6.03. The number of methoxy groups -OCH3 is 1. The molecule has 2 saturated heterocycles. The van der Waals surface area contributed by atoms with E-state index < -0.39 is 87.7 Å². The Morgan fingerprint density at radius 2 is 1.27 bits per heavy atom. The Morgan fingerprint density at radius 1 is 0.714 bits per heavy atom. The van der Waals surface area contributed by atoms with Crippen molar-refractivity contribution < 1.29 is 46.5 Å². The van der Waals surface area contributed by atoms with Crippen LogP contribution in [0, 0.1) is 0 Å².